The summed E-state index contributed by atoms with van der Waals surface area (Å²) in [5.41, 5.74) is 2.34. The number of carbonyl (C=O) groups is 2. The van der Waals surface area contributed by atoms with Gasteiger partial charge in [-0.3, -0.25) is 9.59 Å². The average molecular weight is 353 g/mol. The van der Waals surface area contributed by atoms with Crippen LogP contribution in [0.15, 0.2) is 36.5 Å². The van der Waals surface area contributed by atoms with E-state index in [1.807, 2.05) is 13.0 Å². The maximum absolute atomic E-state index is 12.6. The number of carbonyl (C=O) groups excluding carboxylic acids is 2. The zero-order chi connectivity index (χ0) is 18.5. The number of anilines is 3. The van der Waals surface area contributed by atoms with Gasteiger partial charge in [0.1, 0.15) is 0 Å². The molecule has 1 aromatic heterocycles. The molecule has 7 heteroatoms. The number of nitrogens with one attached hydrogen (secondary N) is 2. The van der Waals surface area contributed by atoms with Gasteiger partial charge < -0.3 is 15.5 Å². The minimum absolute atomic E-state index is 0.00497. The van der Waals surface area contributed by atoms with Gasteiger partial charge in [0, 0.05) is 43.3 Å². The molecule has 26 heavy (non-hydrogen) atoms. The molecular formula is C19H23N5O2. The molecule has 2 amide bonds. The van der Waals surface area contributed by atoms with Gasteiger partial charge in [-0.15, -0.1) is 0 Å². The first-order valence-corrected chi connectivity index (χ1v) is 8.74. The highest BCUT2D eigenvalue weighted by atomic mass is 16.2. The molecule has 1 aliphatic heterocycles. The first kappa shape index (κ1) is 17.8. The molecule has 0 unspecified atom stereocenters. The van der Waals surface area contributed by atoms with Gasteiger partial charge in [0.25, 0.3) is 0 Å². The monoisotopic (exact) mass is 353 g/mol. The summed E-state index contributed by atoms with van der Waals surface area (Å²) in [6.45, 7) is 4.87. The van der Waals surface area contributed by atoms with E-state index in [0.29, 0.717) is 23.9 Å². The van der Waals surface area contributed by atoms with Crippen molar-refractivity contribution in [1.29, 1.82) is 0 Å². The fourth-order valence-electron chi connectivity index (χ4n) is 3.05. The first-order chi connectivity index (χ1) is 12.5. The summed E-state index contributed by atoms with van der Waals surface area (Å²) in [4.78, 5) is 34.5. The van der Waals surface area contributed by atoms with Crippen LogP contribution in [-0.4, -0.2) is 34.9 Å². The van der Waals surface area contributed by atoms with E-state index in [1.54, 1.807) is 30.5 Å². The highest BCUT2D eigenvalue weighted by molar-refractivity contribution is 5.94. The van der Waals surface area contributed by atoms with Crippen molar-refractivity contribution in [3.8, 4) is 0 Å². The van der Waals surface area contributed by atoms with Gasteiger partial charge in [0.05, 0.1) is 5.92 Å². The molecule has 1 fully saturated rings. The quantitative estimate of drug-likeness (QED) is 0.882. The van der Waals surface area contributed by atoms with Crippen LogP contribution in [0.4, 0.5) is 17.3 Å². The molecule has 2 heterocycles. The second-order valence-electron chi connectivity index (χ2n) is 6.53. The summed E-state index contributed by atoms with van der Waals surface area (Å²) in [7, 11) is 0. The van der Waals surface area contributed by atoms with E-state index in [-0.39, 0.29) is 17.7 Å². The van der Waals surface area contributed by atoms with Gasteiger partial charge >= 0.3 is 0 Å². The summed E-state index contributed by atoms with van der Waals surface area (Å²) in [5.74, 6) is 0.446. The van der Waals surface area contributed by atoms with Crippen LogP contribution in [0.3, 0.4) is 0 Å². The maximum Gasteiger partial charge on any atom is 0.229 e. The van der Waals surface area contributed by atoms with Crippen LogP contribution in [0.2, 0.25) is 0 Å². The Morgan fingerprint density at radius 2 is 1.81 bits per heavy atom. The van der Waals surface area contributed by atoms with Crippen molar-refractivity contribution >= 4 is 29.1 Å². The Hall–Kier alpha value is -2.96. The van der Waals surface area contributed by atoms with Crippen LogP contribution < -0.4 is 15.5 Å². The molecule has 1 aliphatic rings. The minimum atomic E-state index is -0.123. The molecule has 0 aliphatic carbocycles. The Balaban J connectivity index is 1.61. The molecule has 0 saturated carbocycles. The lowest BCUT2D eigenvalue weighted by molar-refractivity contribution is -0.120. The SMILES string of the molecule is CC(=O)Nc1ccc(NC(=O)[C@@H]2CCCN(c3nccc(C)n3)C2)cc1. The van der Waals surface area contributed by atoms with E-state index in [4.69, 9.17) is 0 Å². The van der Waals surface area contributed by atoms with E-state index in [0.717, 1.165) is 25.1 Å². The van der Waals surface area contributed by atoms with Crippen molar-refractivity contribution in [2.24, 2.45) is 5.92 Å². The molecule has 1 saturated heterocycles. The number of aromatic nitrogens is 2. The van der Waals surface area contributed by atoms with E-state index >= 15 is 0 Å². The molecule has 136 valence electrons. The third-order valence-electron chi connectivity index (χ3n) is 4.33. The molecule has 1 aromatic carbocycles. The summed E-state index contributed by atoms with van der Waals surface area (Å²) in [6, 6.07) is 8.97. The Morgan fingerprint density at radius 1 is 1.12 bits per heavy atom. The van der Waals surface area contributed by atoms with Crippen LogP contribution in [0, 0.1) is 12.8 Å². The first-order valence-electron chi connectivity index (χ1n) is 8.74. The molecule has 1 atom stereocenters. The third kappa shape index (κ3) is 4.56. The van der Waals surface area contributed by atoms with E-state index in [2.05, 4.69) is 25.5 Å². The number of nitrogens with zero attached hydrogens (tertiary/aromatic N) is 3. The van der Waals surface area contributed by atoms with Crippen LogP contribution >= 0.6 is 0 Å². The molecule has 0 spiro atoms. The predicted octanol–water partition coefficient (Wildman–Crippen LogP) is 2.60. The van der Waals surface area contributed by atoms with Gasteiger partial charge in [-0.25, -0.2) is 9.97 Å². The lowest BCUT2D eigenvalue weighted by atomic mass is 9.97. The van der Waals surface area contributed by atoms with E-state index < -0.39 is 0 Å². The van der Waals surface area contributed by atoms with Crippen LogP contribution in [0.25, 0.3) is 0 Å². The van der Waals surface area contributed by atoms with Crippen molar-refractivity contribution in [2.75, 3.05) is 28.6 Å². The number of hydrogen-bond donors (Lipinski definition) is 2. The van der Waals surface area contributed by atoms with Crippen molar-refractivity contribution in [3.63, 3.8) is 0 Å². The van der Waals surface area contributed by atoms with E-state index in [9.17, 15) is 9.59 Å². The fraction of sp³-hybridized carbons (Fsp3) is 0.368. The smallest absolute Gasteiger partial charge is 0.229 e. The fourth-order valence-corrected chi connectivity index (χ4v) is 3.05. The average Bonchev–Trinajstić information content (AvgIpc) is 2.63. The topological polar surface area (TPSA) is 87.2 Å². The number of amides is 2. The van der Waals surface area contributed by atoms with Crippen molar-refractivity contribution in [2.45, 2.75) is 26.7 Å². The second kappa shape index (κ2) is 7.95. The molecule has 0 radical (unpaired) electrons. The molecule has 2 N–H and O–H groups in total. The molecule has 0 bridgehead atoms. The number of aryl methyl sites for hydroxylation is 1. The summed E-state index contributed by atoms with van der Waals surface area (Å²) < 4.78 is 0. The van der Waals surface area contributed by atoms with Crippen molar-refractivity contribution in [3.05, 3.63) is 42.2 Å². The van der Waals surface area contributed by atoms with Gasteiger partial charge in [0.2, 0.25) is 17.8 Å². The highest BCUT2D eigenvalue weighted by Gasteiger charge is 2.27. The Labute approximate surface area is 152 Å². The van der Waals surface area contributed by atoms with Crippen LogP contribution in [0.1, 0.15) is 25.5 Å². The van der Waals surface area contributed by atoms with Crippen LogP contribution in [-0.2, 0) is 9.59 Å². The lowest BCUT2D eigenvalue weighted by Gasteiger charge is -2.32. The van der Waals surface area contributed by atoms with Crippen LogP contribution in [0.5, 0.6) is 0 Å². The van der Waals surface area contributed by atoms with Gasteiger partial charge in [-0.2, -0.15) is 0 Å². The van der Waals surface area contributed by atoms with Crippen molar-refractivity contribution in [1.82, 2.24) is 9.97 Å². The van der Waals surface area contributed by atoms with Gasteiger partial charge in [0.15, 0.2) is 0 Å². The Kier molecular flexibility index (Phi) is 5.46. The maximum atomic E-state index is 12.6. The Bertz CT molecular complexity index is 791. The largest absolute Gasteiger partial charge is 0.340 e. The zero-order valence-corrected chi connectivity index (χ0v) is 15.0. The third-order valence-corrected chi connectivity index (χ3v) is 4.33. The van der Waals surface area contributed by atoms with Crippen molar-refractivity contribution < 1.29 is 9.59 Å². The summed E-state index contributed by atoms with van der Waals surface area (Å²) >= 11 is 0. The highest BCUT2D eigenvalue weighted by Crippen LogP contribution is 2.22. The number of rotatable bonds is 4. The Morgan fingerprint density at radius 3 is 2.46 bits per heavy atom. The van der Waals surface area contributed by atoms with Gasteiger partial charge in [-0.05, 0) is 50.1 Å². The second-order valence-corrected chi connectivity index (χ2v) is 6.53. The predicted molar refractivity (Wildman–Crippen MR) is 101 cm³/mol. The van der Waals surface area contributed by atoms with Gasteiger partial charge in [-0.1, -0.05) is 0 Å². The molecule has 2 aromatic rings. The molecular weight excluding hydrogens is 330 g/mol. The standard InChI is InChI=1S/C19H23N5O2/c1-13-9-10-20-19(21-13)24-11-3-4-15(12-24)18(26)23-17-7-5-16(6-8-17)22-14(2)25/h5-10,15H,3-4,11-12H2,1-2H3,(H,22,25)(H,23,26)/t15-/m1/s1. The zero-order valence-electron chi connectivity index (χ0n) is 15.0. The summed E-state index contributed by atoms with van der Waals surface area (Å²) in [5, 5.41) is 5.66. The number of benzene rings is 1. The number of piperidine rings is 1. The van der Waals surface area contributed by atoms with E-state index in [1.165, 1.54) is 6.92 Å². The molecule has 3 rings (SSSR count). The summed E-state index contributed by atoms with van der Waals surface area (Å²) in [6.07, 6.45) is 3.52. The number of hydrogen-bond acceptors (Lipinski definition) is 5. The minimum Gasteiger partial charge on any atom is -0.340 e. The molecule has 7 nitrogen and oxygen atoms in total. The lowest BCUT2D eigenvalue weighted by Crippen LogP contribution is -2.41. The normalized spacial score (nSPS) is 16.8.